The van der Waals surface area contributed by atoms with Crippen molar-refractivity contribution in [2.75, 3.05) is 6.54 Å². The Labute approximate surface area is 116 Å². The standard InChI is InChI=1S/C15H17N3S/c1-2-16-7-12-9-18(10-13-8-17-11-19-13)15-6-4-3-5-14(12)15/h3-6,8-9,11,16H,2,7,10H2,1H3. The van der Waals surface area contributed by atoms with Crippen molar-refractivity contribution in [2.24, 2.45) is 0 Å². The van der Waals surface area contributed by atoms with E-state index in [-0.39, 0.29) is 0 Å². The largest absolute Gasteiger partial charge is 0.342 e. The molecule has 19 heavy (non-hydrogen) atoms. The number of nitrogens with one attached hydrogen (secondary N) is 1. The van der Waals surface area contributed by atoms with Gasteiger partial charge in [-0.05, 0) is 18.2 Å². The fourth-order valence-electron chi connectivity index (χ4n) is 2.34. The Morgan fingerprint density at radius 2 is 2.21 bits per heavy atom. The van der Waals surface area contributed by atoms with E-state index in [1.54, 1.807) is 11.3 Å². The number of hydrogen-bond acceptors (Lipinski definition) is 3. The van der Waals surface area contributed by atoms with Crippen molar-refractivity contribution in [2.45, 2.75) is 20.0 Å². The van der Waals surface area contributed by atoms with Gasteiger partial charge in [-0.25, -0.2) is 0 Å². The van der Waals surface area contributed by atoms with E-state index in [0.717, 1.165) is 19.6 Å². The molecule has 3 aromatic rings. The van der Waals surface area contributed by atoms with E-state index in [2.05, 4.69) is 52.3 Å². The quantitative estimate of drug-likeness (QED) is 0.772. The molecule has 4 heteroatoms. The van der Waals surface area contributed by atoms with Crippen molar-refractivity contribution < 1.29 is 0 Å². The summed E-state index contributed by atoms with van der Waals surface area (Å²) in [5.41, 5.74) is 4.55. The summed E-state index contributed by atoms with van der Waals surface area (Å²) in [7, 11) is 0. The van der Waals surface area contributed by atoms with Gasteiger partial charge in [-0.3, -0.25) is 4.98 Å². The molecule has 0 aliphatic heterocycles. The molecule has 0 spiro atoms. The molecule has 0 saturated heterocycles. The summed E-state index contributed by atoms with van der Waals surface area (Å²) < 4.78 is 2.32. The zero-order valence-electron chi connectivity index (χ0n) is 11.0. The van der Waals surface area contributed by atoms with Crippen LogP contribution in [0.4, 0.5) is 0 Å². The first-order valence-corrected chi connectivity index (χ1v) is 7.41. The van der Waals surface area contributed by atoms with Crippen molar-refractivity contribution in [1.29, 1.82) is 0 Å². The third kappa shape index (κ3) is 2.55. The van der Waals surface area contributed by atoms with Crippen molar-refractivity contribution >= 4 is 22.2 Å². The Hall–Kier alpha value is -1.65. The number of para-hydroxylation sites is 1. The van der Waals surface area contributed by atoms with Crippen LogP contribution in [0.25, 0.3) is 10.9 Å². The van der Waals surface area contributed by atoms with Crippen LogP contribution >= 0.6 is 11.3 Å². The molecule has 0 amide bonds. The van der Waals surface area contributed by atoms with Crippen LogP contribution < -0.4 is 5.32 Å². The molecule has 0 unspecified atom stereocenters. The third-order valence-corrected chi connectivity index (χ3v) is 4.01. The topological polar surface area (TPSA) is 29.9 Å². The number of aromatic nitrogens is 2. The van der Waals surface area contributed by atoms with Gasteiger partial charge in [0.15, 0.2) is 0 Å². The molecule has 98 valence electrons. The minimum Gasteiger partial charge on any atom is -0.342 e. The minimum absolute atomic E-state index is 0.900. The molecule has 0 radical (unpaired) electrons. The smallest absolute Gasteiger partial charge is 0.0794 e. The Balaban J connectivity index is 1.99. The highest BCUT2D eigenvalue weighted by Crippen LogP contribution is 2.23. The van der Waals surface area contributed by atoms with Gasteiger partial charge in [0.05, 0.1) is 12.1 Å². The molecule has 0 saturated carbocycles. The van der Waals surface area contributed by atoms with Crippen molar-refractivity contribution in [3.05, 3.63) is 52.6 Å². The molecular formula is C15H17N3S. The SMILES string of the molecule is CCNCc1cn(Cc2cncs2)c2ccccc12. The summed E-state index contributed by atoms with van der Waals surface area (Å²) in [5.74, 6) is 0. The van der Waals surface area contributed by atoms with Gasteiger partial charge in [0.1, 0.15) is 0 Å². The second kappa shape index (κ2) is 5.55. The molecular weight excluding hydrogens is 254 g/mol. The van der Waals surface area contributed by atoms with Crippen molar-refractivity contribution in [1.82, 2.24) is 14.9 Å². The average Bonchev–Trinajstić information content (AvgIpc) is 3.06. The maximum Gasteiger partial charge on any atom is 0.0794 e. The summed E-state index contributed by atoms with van der Waals surface area (Å²) in [6, 6.07) is 8.59. The molecule has 0 aliphatic rings. The lowest BCUT2D eigenvalue weighted by atomic mass is 10.2. The number of fused-ring (bicyclic) bond motifs is 1. The Bertz CT molecular complexity index is 655. The van der Waals surface area contributed by atoms with Crippen LogP contribution in [0, 0.1) is 0 Å². The van der Waals surface area contributed by atoms with Gasteiger partial charge in [-0.2, -0.15) is 0 Å². The lowest BCUT2D eigenvalue weighted by molar-refractivity contribution is 0.725. The first-order valence-electron chi connectivity index (χ1n) is 6.53. The lowest BCUT2D eigenvalue weighted by Gasteiger charge is -2.01. The maximum atomic E-state index is 4.15. The molecule has 1 N–H and O–H groups in total. The van der Waals surface area contributed by atoms with Crippen LogP contribution in [-0.4, -0.2) is 16.1 Å². The Morgan fingerprint density at radius 3 is 3.00 bits per heavy atom. The molecule has 0 atom stereocenters. The van der Waals surface area contributed by atoms with Gasteiger partial charge >= 0.3 is 0 Å². The maximum absolute atomic E-state index is 4.15. The van der Waals surface area contributed by atoms with E-state index < -0.39 is 0 Å². The normalized spacial score (nSPS) is 11.2. The summed E-state index contributed by atoms with van der Waals surface area (Å²) in [6.45, 7) is 4.95. The van der Waals surface area contributed by atoms with E-state index in [9.17, 15) is 0 Å². The molecule has 2 aromatic heterocycles. The number of nitrogens with zero attached hydrogens (tertiary/aromatic N) is 2. The Kier molecular flexibility index (Phi) is 3.62. The summed E-state index contributed by atoms with van der Waals surface area (Å²) in [4.78, 5) is 5.44. The van der Waals surface area contributed by atoms with Crippen LogP contribution in [0.2, 0.25) is 0 Å². The third-order valence-electron chi connectivity index (χ3n) is 3.25. The number of hydrogen-bond donors (Lipinski definition) is 1. The molecule has 0 fully saturated rings. The predicted octanol–water partition coefficient (Wildman–Crippen LogP) is 3.26. The fourth-order valence-corrected chi connectivity index (χ4v) is 2.93. The van der Waals surface area contributed by atoms with Crippen LogP contribution in [0.1, 0.15) is 17.4 Å². The van der Waals surface area contributed by atoms with Gasteiger partial charge in [-0.15, -0.1) is 11.3 Å². The zero-order chi connectivity index (χ0) is 13.1. The van der Waals surface area contributed by atoms with Crippen LogP contribution in [0.5, 0.6) is 0 Å². The second-order valence-corrected chi connectivity index (χ2v) is 5.52. The lowest BCUT2D eigenvalue weighted by Crippen LogP contribution is -2.11. The van der Waals surface area contributed by atoms with Crippen LogP contribution in [0.15, 0.2) is 42.2 Å². The van der Waals surface area contributed by atoms with Crippen LogP contribution in [0.3, 0.4) is 0 Å². The molecule has 0 aliphatic carbocycles. The summed E-state index contributed by atoms with van der Waals surface area (Å²) in [6.07, 6.45) is 4.20. The summed E-state index contributed by atoms with van der Waals surface area (Å²) in [5, 5.41) is 4.75. The molecule has 3 rings (SSSR count). The average molecular weight is 271 g/mol. The van der Waals surface area contributed by atoms with Gasteiger partial charge in [0.2, 0.25) is 0 Å². The van der Waals surface area contributed by atoms with E-state index in [1.807, 2.05) is 11.7 Å². The Morgan fingerprint density at radius 1 is 1.32 bits per heavy atom. The molecule has 0 bridgehead atoms. The summed E-state index contributed by atoms with van der Waals surface area (Å²) >= 11 is 1.71. The minimum atomic E-state index is 0.900. The first-order chi connectivity index (χ1) is 9.38. The van der Waals surface area contributed by atoms with E-state index >= 15 is 0 Å². The fraction of sp³-hybridized carbons (Fsp3) is 0.267. The van der Waals surface area contributed by atoms with Crippen molar-refractivity contribution in [3.63, 3.8) is 0 Å². The van der Waals surface area contributed by atoms with Gasteiger partial charge in [0.25, 0.3) is 0 Å². The molecule has 3 nitrogen and oxygen atoms in total. The highest BCUT2D eigenvalue weighted by Gasteiger charge is 2.08. The molecule has 1 aromatic carbocycles. The predicted molar refractivity (Wildman–Crippen MR) is 80.5 cm³/mol. The molecule has 2 heterocycles. The van der Waals surface area contributed by atoms with E-state index in [4.69, 9.17) is 0 Å². The first kappa shape index (κ1) is 12.4. The second-order valence-electron chi connectivity index (χ2n) is 4.55. The van der Waals surface area contributed by atoms with E-state index in [0.29, 0.717) is 0 Å². The number of rotatable bonds is 5. The van der Waals surface area contributed by atoms with Crippen molar-refractivity contribution in [3.8, 4) is 0 Å². The zero-order valence-corrected chi connectivity index (χ0v) is 11.8. The van der Waals surface area contributed by atoms with E-state index in [1.165, 1.54) is 21.3 Å². The number of thiazole rings is 1. The highest BCUT2D eigenvalue weighted by atomic mass is 32.1. The van der Waals surface area contributed by atoms with Gasteiger partial charge in [0, 0.05) is 34.7 Å². The number of benzene rings is 1. The van der Waals surface area contributed by atoms with Gasteiger partial charge in [-0.1, -0.05) is 25.1 Å². The highest BCUT2D eigenvalue weighted by molar-refractivity contribution is 7.09. The monoisotopic (exact) mass is 271 g/mol. The van der Waals surface area contributed by atoms with Gasteiger partial charge < -0.3 is 9.88 Å². The van der Waals surface area contributed by atoms with Crippen LogP contribution in [-0.2, 0) is 13.1 Å².